The number of halogens is 2. The number of aryl methyl sites for hydroxylation is 1. The van der Waals surface area contributed by atoms with Gasteiger partial charge in [-0.2, -0.15) is 5.10 Å². The number of rotatable bonds is 4. The standard InChI is InChI=1S/C10H17F2N3/c1-4-7-9(13)8(5-2)15(14-7)6-10(3,11)12/h4-6,13H2,1-3H3. The van der Waals surface area contributed by atoms with Crippen LogP contribution in [0.3, 0.4) is 0 Å². The molecule has 0 atom stereocenters. The molecular formula is C10H17F2N3. The van der Waals surface area contributed by atoms with Crippen LogP contribution in [-0.4, -0.2) is 15.7 Å². The molecular weight excluding hydrogens is 200 g/mol. The van der Waals surface area contributed by atoms with Gasteiger partial charge in [-0.05, 0) is 12.8 Å². The van der Waals surface area contributed by atoms with E-state index in [0.717, 1.165) is 6.92 Å². The molecule has 2 N–H and O–H groups in total. The van der Waals surface area contributed by atoms with Crippen LogP contribution in [0.15, 0.2) is 0 Å². The highest BCUT2D eigenvalue weighted by atomic mass is 19.3. The van der Waals surface area contributed by atoms with Gasteiger partial charge in [0, 0.05) is 6.92 Å². The van der Waals surface area contributed by atoms with Crippen LogP contribution in [0.25, 0.3) is 0 Å². The Balaban J connectivity index is 3.07. The second-order valence-electron chi connectivity index (χ2n) is 3.74. The second-order valence-corrected chi connectivity index (χ2v) is 3.74. The summed E-state index contributed by atoms with van der Waals surface area (Å²) in [6.07, 6.45) is 1.29. The third-order valence-electron chi connectivity index (χ3n) is 2.27. The van der Waals surface area contributed by atoms with E-state index in [1.54, 1.807) is 0 Å². The Labute approximate surface area is 88.3 Å². The third kappa shape index (κ3) is 2.67. The number of hydrogen-bond donors (Lipinski definition) is 1. The molecule has 0 saturated heterocycles. The van der Waals surface area contributed by atoms with Crippen molar-refractivity contribution in [2.75, 3.05) is 5.73 Å². The van der Waals surface area contributed by atoms with Crippen molar-refractivity contribution in [1.82, 2.24) is 9.78 Å². The second kappa shape index (κ2) is 4.16. The summed E-state index contributed by atoms with van der Waals surface area (Å²) in [4.78, 5) is 0. The molecule has 0 aliphatic carbocycles. The first-order valence-corrected chi connectivity index (χ1v) is 5.10. The van der Waals surface area contributed by atoms with E-state index >= 15 is 0 Å². The number of aromatic nitrogens is 2. The van der Waals surface area contributed by atoms with Crippen molar-refractivity contribution in [3.05, 3.63) is 11.4 Å². The van der Waals surface area contributed by atoms with Crippen LogP contribution < -0.4 is 5.73 Å². The van der Waals surface area contributed by atoms with Crippen molar-refractivity contribution in [2.24, 2.45) is 0 Å². The van der Waals surface area contributed by atoms with Crippen LogP contribution in [0.5, 0.6) is 0 Å². The molecule has 1 rings (SSSR count). The third-order valence-corrected chi connectivity index (χ3v) is 2.27. The first kappa shape index (κ1) is 11.9. The van der Waals surface area contributed by atoms with Crippen molar-refractivity contribution in [3.8, 4) is 0 Å². The molecule has 0 amide bonds. The highest BCUT2D eigenvalue weighted by molar-refractivity contribution is 5.48. The maximum Gasteiger partial charge on any atom is 0.264 e. The lowest BCUT2D eigenvalue weighted by Gasteiger charge is -2.12. The van der Waals surface area contributed by atoms with Gasteiger partial charge in [0.15, 0.2) is 0 Å². The Bertz CT molecular complexity index is 339. The first-order chi connectivity index (χ1) is 6.89. The van der Waals surface area contributed by atoms with Crippen LogP contribution in [0.1, 0.15) is 32.2 Å². The molecule has 1 aromatic rings. The monoisotopic (exact) mass is 217 g/mol. The molecule has 86 valence electrons. The summed E-state index contributed by atoms with van der Waals surface area (Å²) in [7, 11) is 0. The molecule has 0 bridgehead atoms. The molecule has 0 aliphatic heterocycles. The summed E-state index contributed by atoms with van der Waals surface area (Å²) >= 11 is 0. The lowest BCUT2D eigenvalue weighted by atomic mass is 10.2. The van der Waals surface area contributed by atoms with Gasteiger partial charge in [0.1, 0.15) is 6.54 Å². The molecule has 0 unspecified atom stereocenters. The van der Waals surface area contributed by atoms with Crippen LogP contribution >= 0.6 is 0 Å². The molecule has 0 radical (unpaired) electrons. The van der Waals surface area contributed by atoms with E-state index < -0.39 is 12.5 Å². The fourth-order valence-corrected chi connectivity index (χ4v) is 1.59. The molecule has 3 nitrogen and oxygen atoms in total. The van der Waals surface area contributed by atoms with Gasteiger partial charge < -0.3 is 5.73 Å². The molecule has 0 spiro atoms. The molecule has 1 heterocycles. The van der Waals surface area contributed by atoms with Gasteiger partial charge in [-0.1, -0.05) is 13.8 Å². The van der Waals surface area contributed by atoms with Gasteiger partial charge in [-0.25, -0.2) is 8.78 Å². The quantitative estimate of drug-likeness (QED) is 0.840. The summed E-state index contributed by atoms with van der Waals surface area (Å²) in [5.74, 6) is -2.76. The van der Waals surface area contributed by atoms with Crippen molar-refractivity contribution in [2.45, 2.75) is 46.1 Å². The Kier molecular flexibility index (Phi) is 3.31. The van der Waals surface area contributed by atoms with Gasteiger partial charge in [-0.3, -0.25) is 4.68 Å². The van der Waals surface area contributed by atoms with E-state index in [9.17, 15) is 8.78 Å². The van der Waals surface area contributed by atoms with Crippen molar-refractivity contribution < 1.29 is 8.78 Å². The zero-order valence-corrected chi connectivity index (χ0v) is 9.35. The Morgan fingerprint density at radius 1 is 1.33 bits per heavy atom. The maximum absolute atomic E-state index is 12.9. The van der Waals surface area contributed by atoms with Crippen LogP contribution in [0.2, 0.25) is 0 Å². The minimum absolute atomic E-state index is 0.402. The molecule has 15 heavy (non-hydrogen) atoms. The van der Waals surface area contributed by atoms with E-state index in [1.807, 2.05) is 13.8 Å². The summed E-state index contributed by atoms with van der Waals surface area (Å²) in [6, 6.07) is 0. The van der Waals surface area contributed by atoms with E-state index in [2.05, 4.69) is 5.10 Å². The normalized spacial score (nSPS) is 12.1. The van der Waals surface area contributed by atoms with E-state index in [-0.39, 0.29) is 0 Å². The van der Waals surface area contributed by atoms with Crippen LogP contribution in [-0.2, 0) is 19.4 Å². The van der Waals surface area contributed by atoms with Crippen LogP contribution in [0, 0.1) is 0 Å². The fourth-order valence-electron chi connectivity index (χ4n) is 1.59. The first-order valence-electron chi connectivity index (χ1n) is 5.10. The summed E-state index contributed by atoms with van der Waals surface area (Å²) < 4.78 is 27.1. The minimum atomic E-state index is -2.76. The number of alkyl halides is 2. The Morgan fingerprint density at radius 2 is 1.93 bits per heavy atom. The maximum atomic E-state index is 12.9. The van der Waals surface area contributed by atoms with Gasteiger partial charge >= 0.3 is 0 Å². The van der Waals surface area contributed by atoms with Crippen molar-refractivity contribution >= 4 is 5.69 Å². The fraction of sp³-hybridized carbons (Fsp3) is 0.700. The molecule has 0 aliphatic rings. The zero-order chi connectivity index (χ0) is 11.6. The highest BCUT2D eigenvalue weighted by Crippen LogP contribution is 2.22. The Hall–Kier alpha value is -1.13. The van der Waals surface area contributed by atoms with E-state index in [1.165, 1.54) is 4.68 Å². The number of nitrogens with two attached hydrogens (primary N) is 1. The summed E-state index contributed by atoms with van der Waals surface area (Å²) in [5.41, 5.74) is 7.78. The molecule has 1 aromatic heterocycles. The van der Waals surface area contributed by atoms with Crippen LogP contribution in [0.4, 0.5) is 14.5 Å². The average Bonchev–Trinajstić information content (AvgIpc) is 2.39. The van der Waals surface area contributed by atoms with Gasteiger partial charge in [0.25, 0.3) is 5.92 Å². The number of nitrogen functional groups attached to an aromatic ring is 1. The SMILES string of the molecule is CCc1nn(CC(C)(F)F)c(CC)c1N. The molecule has 0 fully saturated rings. The van der Waals surface area contributed by atoms with Crippen molar-refractivity contribution in [3.63, 3.8) is 0 Å². The lowest BCUT2D eigenvalue weighted by molar-refractivity contribution is -0.000214. The van der Waals surface area contributed by atoms with Gasteiger partial charge in [0.05, 0.1) is 17.1 Å². The topological polar surface area (TPSA) is 43.8 Å². The molecule has 0 saturated carbocycles. The van der Waals surface area contributed by atoms with Crippen molar-refractivity contribution in [1.29, 1.82) is 0 Å². The zero-order valence-electron chi connectivity index (χ0n) is 9.35. The highest BCUT2D eigenvalue weighted by Gasteiger charge is 2.25. The summed E-state index contributed by atoms with van der Waals surface area (Å²) in [6.45, 7) is 4.28. The Morgan fingerprint density at radius 3 is 2.33 bits per heavy atom. The number of hydrogen-bond acceptors (Lipinski definition) is 2. The number of anilines is 1. The van der Waals surface area contributed by atoms with Gasteiger partial charge in [-0.15, -0.1) is 0 Å². The molecule has 5 heteroatoms. The number of nitrogens with zero attached hydrogens (tertiary/aromatic N) is 2. The largest absolute Gasteiger partial charge is 0.396 e. The molecule has 0 aromatic carbocycles. The van der Waals surface area contributed by atoms with E-state index in [4.69, 9.17) is 5.73 Å². The lowest BCUT2D eigenvalue weighted by Crippen LogP contribution is -2.21. The average molecular weight is 217 g/mol. The predicted molar refractivity (Wildman–Crippen MR) is 56.0 cm³/mol. The predicted octanol–water partition coefficient (Wildman–Crippen LogP) is 2.25. The summed E-state index contributed by atoms with van der Waals surface area (Å²) in [5, 5.41) is 4.10. The smallest absolute Gasteiger partial charge is 0.264 e. The van der Waals surface area contributed by atoms with E-state index in [0.29, 0.717) is 29.9 Å². The minimum Gasteiger partial charge on any atom is -0.396 e. The van der Waals surface area contributed by atoms with Gasteiger partial charge in [0.2, 0.25) is 0 Å².